The van der Waals surface area contributed by atoms with Crippen LogP contribution in [0.4, 0.5) is 5.69 Å². The maximum absolute atomic E-state index is 11.8. The molecule has 1 atom stereocenters. The topological polar surface area (TPSA) is 33.2 Å². The molecule has 2 rings (SSSR count). The number of halogens is 1. The number of nitrogens with zero attached hydrogens (tertiary/aromatic N) is 2. The first-order valence-electron chi connectivity index (χ1n) is 5.18. The van der Waals surface area contributed by atoms with E-state index in [-0.39, 0.29) is 11.8 Å². The Hall–Kier alpha value is -1.16. The van der Waals surface area contributed by atoms with Gasteiger partial charge in [0.2, 0.25) is 5.91 Å². The van der Waals surface area contributed by atoms with E-state index in [0.29, 0.717) is 13.0 Å². The normalized spacial score (nSPS) is 20.2. The maximum atomic E-state index is 11.8. The number of amides is 1. The highest BCUT2D eigenvalue weighted by atomic mass is 79.9. The van der Waals surface area contributed by atoms with Crippen molar-refractivity contribution in [1.29, 1.82) is 0 Å². The Morgan fingerprint density at radius 2 is 2.38 bits per heavy atom. The molecule has 16 heavy (non-hydrogen) atoms. The Balaban J connectivity index is 2.31. The Labute approximate surface area is 103 Å². The first-order chi connectivity index (χ1) is 7.61. The van der Waals surface area contributed by atoms with Gasteiger partial charge in [0.1, 0.15) is 4.60 Å². The fourth-order valence-electron chi connectivity index (χ4n) is 1.84. The number of aromatic nitrogens is 1. The van der Waals surface area contributed by atoms with Crippen LogP contribution >= 0.6 is 15.9 Å². The van der Waals surface area contributed by atoms with Crippen molar-refractivity contribution in [3.8, 4) is 0 Å². The van der Waals surface area contributed by atoms with Gasteiger partial charge in [-0.15, -0.1) is 6.58 Å². The Morgan fingerprint density at radius 3 is 2.94 bits per heavy atom. The number of pyridine rings is 1. The second kappa shape index (κ2) is 4.37. The molecule has 0 radical (unpaired) electrons. The average molecular weight is 281 g/mol. The summed E-state index contributed by atoms with van der Waals surface area (Å²) in [4.78, 5) is 17.9. The van der Waals surface area contributed by atoms with Gasteiger partial charge >= 0.3 is 0 Å². The van der Waals surface area contributed by atoms with Crippen molar-refractivity contribution in [3.63, 3.8) is 0 Å². The first kappa shape index (κ1) is 11.3. The van der Waals surface area contributed by atoms with Gasteiger partial charge in [-0.1, -0.05) is 6.08 Å². The molecule has 0 saturated carbocycles. The maximum Gasteiger partial charge on any atom is 0.227 e. The molecule has 0 aliphatic carbocycles. The summed E-state index contributed by atoms with van der Waals surface area (Å²) in [6, 6.07) is 3.84. The average Bonchev–Trinajstić information content (AvgIpc) is 2.60. The van der Waals surface area contributed by atoms with Gasteiger partial charge in [0.15, 0.2) is 0 Å². The van der Waals surface area contributed by atoms with Crippen molar-refractivity contribution in [2.24, 2.45) is 5.92 Å². The van der Waals surface area contributed by atoms with Crippen LogP contribution in [0.1, 0.15) is 12.1 Å². The molecule has 0 aromatic carbocycles. The van der Waals surface area contributed by atoms with E-state index in [4.69, 9.17) is 0 Å². The molecule has 1 amide bonds. The van der Waals surface area contributed by atoms with Crippen molar-refractivity contribution in [3.05, 3.63) is 35.1 Å². The number of hydrogen-bond donors (Lipinski definition) is 0. The van der Waals surface area contributed by atoms with Gasteiger partial charge in [0.25, 0.3) is 0 Å². The lowest BCUT2D eigenvalue weighted by atomic mass is 10.1. The van der Waals surface area contributed by atoms with E-state index in [9.17, 15) is 4.79 Å². The van der Waals surface area contributed by atoms with Crippen LogP contribution in [0.3, 0.4) is 0 Å². The lowest BCUT2D eigenvalue weighted by Gasteiger charge is -2.17. The van der Waals surface area contributed by atoms with Crippen LogP contribution in [0.5, 0.6) is 0 Å². The summed E-state index contributed by atoms with van der Waals surface area (Å²) >= 11 is 3.40. The molecule has 0 spiro atoms. The number of carbonyl (C=O) groups excluding carboxylic acids is 1. The standard InChI is InChI=1S/C12H13BrN2O/c1-3-9-6-11(16)15(7-9)10-5-4-8(2)14-12(10)13/h3-5,9H,1,6-7H2,2H3. The minimum atomic E-state index is 0.135. The van der Waals surface area contributed by atoms with Crippen molar-refractivity contribution in [2.75, 3.05) is 11.4 Å². The highest BCUT2D eigenvalue weighted by Gasteiger charge is 2.29. The van der Waals surface area contributed by atoms with Gasteiger partial charge in [-0.05, 0) is 35.0 Å². The third-order valence-corrected chi connectivity index (χ3v) is 3.33. The largest absolute Gasteiger partial charge is 0.309 e. The molecule has 1 saturated heterocycles. The summed E-state index contributed by atoms with van der Waals surface area (Å²) in [5, 5.41) is 0. The summed E-state index contributed by atoms with van der Waals surface area (Å²) in [5.41, 5.74) is 1.78. The van der Waals surface area contributed by atoms with Gasteiger partial charge in [-0.2, -0.15) is 0 Å². The van der Waals surface area contributed by atoms with E-state index in [1.54, 1.807) is 4.90 Å². The second-order valence-corrected chi connectivity index (χ2v) is 4.72. The Kier molecular flexibility index (Phi) is 3.10. The molecule has 84 valence electrons. The quantitative estimate of drug-likeness (QED) is 0.617. The minimum Gasteiger partial charge on any atom is -0.309 e. The van der Waals surface area contributed by atoms with Gasteiger partial charge in [-0.3, -0.25) is 4.79 Å². The third-order valence-electron chi connectivity index (χ3n) is 2.75. The minimum absolute atomic E-state index is 0.135. The smallest absolute Gasteiger partial charge is 0.227 e. The van der Waals surface area contributed by atoms with E-state index in [2.05, 4.69) is 27.5 Å². The highest BCUT2D eigenvalue weighted by Crippen LogP contribution is 2.30. The summed E-state index contributed by atoms with van der Waals surface area (Å²) in [6.45, 7) is 6.36. The van der Waals surface area contributed by atoms with Gasteiger partial charge in [0.05, 0.1) is 5.69 Å². The summed E-state index contributed by atoms with van der Waals surface area (Å²) in [5.74, 6) is 0.386. The van der Waals surface area contributed by atoms with Crippen LogP contribution in [-0.2, 0) is 4.79 Å². The zero-order valence-corrected chi connectivity index (χ0v) is 10.7. The van der Waals surface area contributed by atoms with Gasteiger partial charge in [-0.25, -0.2) is 4.98 Å². The first-order valence-corrected chi connectivity index (χ1v) is 5.97. The Bertz CT molecular complexity index is 445. The molecule has 2 heterocycles. The van der Waals surface area contributed by atoms with Crippen LogP contribution in [-0.4, -0.2) is 17.4 Å². The van der Waals surface area contributed by atoms with E-state index < -0.39 is 0 Å². The molecule has 1 unspecified atom stereocenters. The number of anilines is 1. The van der Waals surface area contributed by atoms with E-state index in [1.165, 1.54) is 0 Å². The SMILES string of the molecule is C=CC1CC(=O)N(c2ccc(C)nc2Br)C1. The number of hydrogen-bond acceptors (Lipinski definition) is 2. The zero-order chi connectivity index (χ0) is 11.7. The number of carbonyl (C=O) groups is 1. The van der Waals surface area contributed by atoms with Crippen molar-refractivity contribution in [2.45, 2.75) is 13.3 Å². The monoisotopic (exact) mass is 280 g/mol. The fourth-order valence-corrected chi connectivity index (χ4v) is 2.47. The van der Waals surface area contributed by atoms with Crippen LogP contribution in [0.25, 0.3) is 0 Å². The molecule has 1 aromatic rings. The fraction of sp³-hybridized carbons (Fsp3) is 0.333. The Morgan fingerprint density at radius 1 is 1.62 bits per heavy atom. The molecule has 0 bridgehead atoms. The van der Waals surface area contributed by atoms with Crippen LogP contribution in [0.2, 0.25) is 0 Å². The molecule has 1 aromatic heterocycles. The molecule has 1 fully saturated rings. The molecular weight excluding hydrogens is 268 g/mol. The lowest BCUT2D eigenvalue weighted by Crippen LogP contribution is -2.25. The molecule has 0 N–H and O–H groups in total. The molecule has 1 aliphatic rings. The predicted molar refractivity (Wildman–Crippen MR) is 67.3 cm³/mol. The van der Waals surface area contributed by atoms with Crippen LogP contribution in [0.15, 0.2) is 29.4 Å². The molecule has 1 aliphatic heterocycles. The van der Waals surface area contributed by atoms with Crippen LogP contribution in [0, 0.1) is 12.8 Å². The molecule has 4 heteroatoms. The summed E-state index contributed by atoms with van der Waals surface area (Å²) in [6.07, 6.45) is 2.39. The van der Waals surface area contributed by atoms with Crippen molar-refractivity contribution < 1.29 is 4.79 Å². The predicted octanol–water partition coefficient (Wildman–Crippen LogP) is 2.69. The van der Waals surface area contributed by atoms with Gasteiger partial charge < -0.3 is 4.90 Å². The number of aryl methyl sites for hydroxylation is 1. The van der Waals surface area contributed by atoms with E-state index >= 15 is 0 Å². The van der Waals surface area contributed by atoms with E-state index in [0.717, 1.165) is 16.0 Å². The molecular formula is C12H13BrN2O. The summed E-state index contributed by atoms with van der Waals surface area (Å²) < 4.78 is 0.727. The van der Waals surface area contributed by atoms with Crippen LogP contribution < -0.4 is 4.90 Å². The third kappa shape index (κ3) is 2.02. The van der Waals surface area contributed by atoms with Crippen molar-refractivity contribution in [1.82, 2.24) is 4.98 Å². The number of rotatable bonds is 2. The van der Waals surface area contributed by atoms with E-state index in [1.807, 2.05) is 25.1 Å². The highest BCUT2D eigenvalue weighted by molar-refractivity contribution is 9.10. The second-order valence-electron chi connectivity index (χ2n) is 3.97. The summed E-state index contributed by atoms with van der Waals surface area (Å²) in [7, 11) is 0. The zero-order valence-electron chi connectivity index (χ0n) is 9.11. The van der Waals surface area contributed by atoms with Gasteiger partial charge in [0, 0.05) is 24.6 Å². The van der Waals surface area contributed by atoms with Crippen molar-refractivity contribution >= 4 is 27.5 Å². The molecule has 3 nitrogen and oxygen atoms in total. The lowest BCUT2D eigenvalue weighted by molar-refractivity contribution is -0.117.